The molecule has 0 aliphatic carbocycles. The maximum atomic E-state index is 13.0. The Hall–Kier alpha value is -2.74. The van der Waals surface area contributed by atoms with Crippen molar-refractivity contribution in [1.82, 2.24) is 0 Å². The van der Waals surface area contributed by atoms with Gasteiger partial charge in [0.05, 0.1) is 6.07 Å². The van der Waals surface area contributed by atoms with Gasteiger partial charge < -0.3 is 0 Å². The van der Waals surface area contributed by atoms with E-state index in [0.717, 1.165) is 0 Å². The van der Waals surface area contributed by atoms with Gasteiger partial charge in [0, 0.05) is 12.6 Å². The van der Waals surface area contributed by atoms with Crippen LogP contribution in [0.3, 0.4) is 0 Å². The van der Waals surface area contributed by atoms with Gasteiger partial charge in [-0.25, -0.2) is 8.78 Å². The van der Waals surface area contributed by atoms with Crippen molar-refractivity contribution in [3.63, 3.8) is 0 Å². The zero-order valence-corrected chi connectivity index (χ0v) is 11.3. The first-order valence-electron chi connectivity index (χ1n) is 6.23. The molecular weight excluding hydrogens is 274 g/mol. The van der Waals surface area contributed by atoms with E-state index in [0.29, 0.717) is 11.3 Å². The Labute approximate surface area is 121 Å². The number of nitrogens with zero attached hydrogens (tertiary/aromatic N) is 2. The predicted octanol–water partition coefficient (Wildman–Crippen LogP) is 3.58. The average Bonchev–Trinajstić information content (AvgIpc) is 2.47. The molecule has 106 valence electrons. The molecule has 21 heavy (non-hydrogen) atoms. The molecule has 0 heterocycles. The Morgan fingerprint density at radius 3 is 1.95 bits per heavy atom. The molecule has 0 saturated heterocycles. The Kier molecular flexibility index (Phi) is 4.29. The first kappa shape index (κ1) is 14.7. The molecule has 0 aliphatic heterocycles. The molecule has 2 aromatic carbocycles. The number of carbonyl (C=O) groups excluding carboxylic acids is 1. The number of rotatable bonds is 3. The van der Waals surface area contributed by atoms with E-state index in [9.17, 15) is 18.8 Å². The van der Waals surface area contributed by atoms with Gasteiger partial charge >= 0.3 is 0 Å². The third-order valence-corrected chi connectivity index (χ3v) is 3.01. The molecule has 1 amide bonds. The molecule has 1 atom stereocenters. The highest BCUT2D eigenvalue weighted by Gasteiger charge is 2.24. The molecule has 2 aromatic rings. The minimum atomic E-state index is -0.909. The van der Waals surface area contributed by atoms with Gasteiger partial charge in [-0.2, -0.15) is 5.26 Å². The van der Waals surface area contributed by atoms with Crippen molar-refractivity contribution in [3.05, 3.63) is 65.7 Å². The zero-order chi connectivity index (χ0) is 15.4. The highest BCUT2D eigenvalue weighted by Crippen LogP contribution is 2.27. The standard InChI is InChI=1S/C16H12F2N2O/c1-11(21)20(15-8-6-14(18)7-9-15)16(10-19)12-2-4-13(17)5-3-12/h2-9,16H,1H3. The maximum absolute atomic E-state index is 13.0. The van der Waals surface area contributed by atoms with E-state index in [-0.39, 0.29) is 5.91 Å². The third-order valence-electron chi connectivity index (χ3n) is 3.01. The number of hydrogen-bond donors (Lipinski definition) is 0. The minimum Gasteiger partial charge on any atom is -0.292 e. The van der Waals surface area contributed by atoms with Gasteiger partial charge in [-0.05, 0) is 42.0 Å². The van der Waals surface area contributed by atoms with E-state index in [1.807, 2.05) is 6.07 Å². The summed E-state index contributed by atoms with van der Waals surface area (Å²) in [6.07, 6.45) is 0. The number of hydrogen-bond acceptors (Lipinski definition) is 2. The number of carbonyl (C=O) groups is 1. The van der Waals surface area contributed by atoms with E-state index in [2.05, 4.69) is 0 Å². The smallest absolute Gasteiger partial charge is 0.225 e. The van der Waals surface area contributed by atoms with Crippen LogP contribution in [-0.2, 0) is 4.79 Å². The Bertz CT molecular complexity index is 675. The van der Waals surface area contributed by atoms with Crippen LogP contribution in [0.1, 0.15) is 18.5 Å². The highest BCUT2D eigenvalue weighted by atomic mass is 19.1. The number of halogens is 2. The fraction of sp³-hybridized carbons (Fsp3) is 0.125. The van der Waals surface area contributed by atoms with Crippen LogP contribution in [0.15, 0.2) is 48.5 Å². The molecule has 0 aromatic heterocycles. The molecular formula is C16H12F2N2O. The second kappa shape index (κ2) is 6.14. The summed E-state index contributed by atoms with van der Waals surface area (Å²) in [6.45, 7) is 1.32. The molecule has 3 nitrogen and oxygen atoms in total. The van der Waals surface area contributed by atoms with Crippen molar-refractivity contribution in [2.75, 3.05) is 4.90 Å². The summed E-state index contributed by atoms with van der Waals surface area (Å²) in [5, 5.41) is 9.37. The van der Waals surface area contributed by atoms with E-state index >= 15 is 0 Å². The number of amides is 1. The van der Waals surface area contributed by atoms with Crippen LogP contribution in [0.25, 0.3) is 0 Å². The van der Waals surface area contributed by atoms with E-state index < -0.39 is 17.7 Å². The molecule has 0 saturated carbocycles. The molecule has 0 radical (unpaired) electrons. The number of nitriles is 1. The van der Waals surface area contributed by atoms with Crippen molar-refractivity contribution >= 4 is 11.6 Å². The molecule has 5 heteroatoms. The maximum Gasteiger partial charge on any atom is 0.225 e. The molecule has 0 aliphatic rings. The van der Waals surface area contributed by atoms with Crippen LogP contribution in [0.5, 0.6) is 0 Å². The first-order chi connectivity index (χ1) is 10.0. The molecule has 2 rings (SSSR count). The molecule has 0 fully saturated rings. The summed E-state index contributed by atoms with van der Waals surface area (Å²) in [5.74, 6) is -1.22. The van der Waals surface area contributed by atoms with E-state index in [4.69, 9.17) is 0 Å². The van der Waals surface area contributed by atoms with Gasteiger partial charge in [-0.3, -0.25) is 9.69 Å². The van der Waals surface area contributed by atoms with Gasteiger partial charge in [0.2, 0.25) is 5.91 Å². The van der Waals surface area contributed by atoms with Crippen LogP contribution >= 0.6 is 0 Å². The zero-order valence-electron chi connectivity index (χ0n) is 11.3. The molecule has 1 unspecified atom stereocenters. The predicted molar refractivity (Wildman–Crippen MR) is 74.3 cm³/mol. The third kappa shape index (κ3) is 3.23. The van der Waals surface area contributed by atoms with Crippen LogP contribution in [-0.4, -0.2) is 5.91 Å². The summed E-state index contributed by atoms with van der Waals surface area (Å²) in [5.41, 5.74) is 0.887. The second-order valence-corrected chi connectivity index (χ2v) is 4.45. The van der Waals surface area contributed by atoms with Crippen LogP contribution in [0, 0.1) is 23.0 Å². The summed E-state index contributed by atoms with van der Waals surface area (Å²) >= 11 is 0. The van der Waals surface area contributed by atoms with Crippen molar-refractivity contribution < 1.29 is 13.6 Å². The lowest BCUT2D eigenvalue weighted by Gasteiger charge is -2.26. The largest absolute Gasteiger partial charge is 0.292 e. The van der Waals surface area contributed by atoms with Gasteiger partial charge in [-0.1, -0.05) is 12.1 Å². The van der Waals surface area contributed by atoms with Crippen molar-refractivity contribution in [2.45, 2.75) is 13.0 Å². The van der Waals surface area contributed by atoms with Crippen LogP contribution in [0.4, 0.5) is 14.5 Å². The summed E-state index contributed by atoms with van der Waals surface area (Å²) in [4.78, 5) is 13.1. The van der Waals surface area contributed by atoms with Crippen LogP contribution in [0.2, 0.25) is 0 Å². The summed E-state index contributed by atoms with van der Waals surface area (Å²) in [6, 6.07) is 11.7. The first-order valence-corrected chi connectivity index (χ1v) is 6.23. The minimum absolute atomic E-state index is 0.363. The lowest BCUT2D eigenvalue weighted by atomic mass is 10.1. The quantitative estimate of drug-likeness (QED) is 0.865. The summed E-state index contributed by atoms with van der Waals surface area (Å²) < 4.78 is 26.0. The fourth-order valence-corrected chi connectivity index (χ4v) is 2.04. The number of benzene rings is 2. The van der Waals surface area contributed by atoms with E-state index in [1.165, 1.54) is 60.4 Å². The van der Waals surface area contributed by atoms with E-state index in [1.54, 1.807) is 0 Å². The topological polar surface area (TPSA) is 44.1 Å². The monoisotopic (exact) mass is 286 g/mol. The van der Waals surface area contributed by atoms with Crippen molar-refractivity contribution in [3.8, 4) is 6.07 Å². The Morgan fingerprint density at radius 2 is 1.52 bits per heavy atom. The Morgan fingerprint density at radius 1 is 1.05 bits per heavy atom. The lowest BCUT2D eigenvalue weighted by molar-refractivity contribution is -0.116. The normalized spacial score (nSPS) is 11.5. The molecule has 0 N–H and O–H groups in total. The van der Waals surface area contributed by atoms with Crippen molar-refractivity contribution in [1.29, 1.82) is 5.26 Å². The Balaban J connectivity index is 2.44. The van der Waals surface area contributed by atoms with Crippen molar-refractivity contribution in [2.24, 2.45) is 0 Å². The second-order valence-electron chi connectivity index (χ2n) is 4.45. The lowest BCUT2D eigenvalue weighted by Crippen LogP contribution is -2.32. The SMILES string of the molecule is CC(=O)N(c1ccc(F)cc1)C(C#N)c1ccc(F)cc1. The number of anilines is 1. The van der Waals surface area contributed by atoms with Crippen LogP contribution < -0.4 is 4.90 Å². The van der Waals surface area contributed by atoms with Gasteiger partial charge in [0.25, 0.3) is 0 Å². The molecule has 0 bridgehead atoms. The average molecular weight is 286 g/mol. The van der Waals surface area contributed by atoms with Gasteiger partial charge in [-0.15, -0.1) is 0 Å². The van der Waals surface area contributed by atoms with Gasteiger partial charge in [0.1, 0.15) is 17.7 Å². The molecule has 0 spiro atoms. The van der Waals surface area contributed by atoms with Gasteiger partial charge in [0.15, 0.2) is 0 Å². The highest BCUT2D eigenvalue weighted by molar-refractivity contribution is 5.92. The summed E-state index contributed by atoms with van der Waals surface area (Å²) in [7, 11) is 0. The fourth-order valence-electron chi connectivity index (χ4n) is 2.04.